The van der Waals surface area contributed by atoms with Gasteiger partial charge >= 0.3 is 0 Å². The molecule has 0 saturated heterocycles. The normalized spacial score (nSPS) is 12.8. The summed E-state index contributed by atoms with van der Waals surface area (Å²) in [7, 11) is 0. The van der Waals surface area contributed by atoms with E-state index in [1.165, 1.54) is 36.4 Å². The van der Waals surface area contributed by atoms with E-state index < -0.39 is 11.7 Å². The lowest BCUT2D eigenvalue weighted by Gasteiger charge is -2.26. The molecule has 3 rings (SSSR count). The molecule has 3 aromatic rings. The van der Waals surface area contributed by atoms with Gasteiger partial charge in [-0.25, -0.2) is 8.78 Å². The summed E-state index contributed by atoms with van der Waals surface area (Å²) < 4.78 is 26.4. The van der Waals surface area contributed by atoms with Crippen LogP contribution in [0, 0.1) is 24.5 Å². The van der Waals surface area contributed by atoms with Crippen LogP contribution in [0.4, 0.5) is 14.5 Å². The van der Waals surface area contributed by atoms with Crippen molar-refractivity contribution in [2.45, 2.75) is 25.8 Å². The van der Waals surface area contributed by atoms with Gasteiger partial charge in [-0.15, -0.1) is 0 Å². The van der Waals surface area contributed by atoms with Crippen LogP contribution >= 0.6 is 0 Å². The first kappa shape index (κ1) is 21.4. The second kappa shape index (κ2) is 9.92. The van der Waals surface area contributed by atoms with Crippen molar-refractivity contribution in [3.8, 4) is 0 Å². The van der Waals surface area contributed by atoms with Crippen molar-refractivity contribution in [1.29, 1.82) is 0 Å². The first-order valence-electron chi connectivity index (χ1n) is 9.79. The van der Waals surface area contributed by atoms with E-state index in [1.807, 2.05) is 31.2 Å². The summed E-state index contributed by atoms with van der Waals surface area (Å²) >= 11 is 0. The summed E-state index contributed by atoms with van der Waals surface area (Å²) in [6.07, 6.45) is 1.33. The number of nitrogens with one attached hydrogen (secondary N) is 1. The Kier molecular flexibility index (Phi) is 7.07. The van der Waals surface area contributed by atoms with E-state index in [9.17, 15) is 18.4 Å². The van der Waals surface area contributed by atoms with Crippen LogP contribution in [0.3, 0.4) is 0 Å². The summed E-state index contributed by atoms with van der Waals surface area (Å²) in [5.41, 5.74) is 3.09. The maximum absolute atomic E-state index is 13.3. The number of aryl methyl sites for hydroxylation is 1. The van der Waals surface area contributed by atoms with Crippen LogP contribution in [0.1, 0.15) is 40.4 Å². The molecule has 2 atom stereocenters. The Bertz CT molecular complexity index is 983. The molecule has 0 spiro atoms. The second-order valence-electron chi connectivity index (χ2n) is 7.31. The minimum Gasteiger partial charge on any atom is -0.378 e. The van der Waals surface area contributed by atoms with Crippen LogP contribution in [0.5, 0.6) is 0 Å². The van der Waals surface area contributed by atoms with Crippen molar-refractivity contribution >= 4 is 17.8 Å². The topological polar surface area (TPSA) is 46.2 Å². The number of Topliss-reactive ketones (excluding diaryl/α,β-unsaturated/α-hetero) is 1. The molecule has 0 aliphatic carbocycles. The monoisotopic (exact) mass is 407 g/mol. The first-order valence-corrected chi connectivity index (χ1v) is 9.79. The molecule has 1 N–H and O–H groups in total. The van der Waals surface area contributed by atoms with Gasteiger partial charge in [0.25, 0.3) is 0 Å². The van der Waals surface area contributed by atoms with Crippen LogP contribution in [0.25, 0.3) is 0 Å². The third-order valence-electron chi connectivity index (χ3n) is 5.08. The minimum atomic E-state index is -0.484. The van der Waals surface area contributed by atoms with Crippen LogP contribution < -0.4 is 5.32 Å². The molecule has 0 aliphatic heterocycles. The van der Waals surface area contributed by atoms with E-state index in [0.717, 1.165) is 17.4 Å². The molecule has 0 aromatic heterocycles. The highest BCUT2D eigenvalue weighted by Gasteiger charge is 2.24. The number of benzene rings is 3. The molecule has 0 radical (unpaired) electrons. The van der Waals surface area contributed by atoms with Crippen molar-refractivity contribution in [2.75, 3.05) is 5.32 Å². The number of halogens is 2. The van der Waals surface area contributed by atoms with Crippen molar-refractivity contribution < 1.29 is 18.4 Å². The molecular formula is C25H23F2NO2. The van der Waals surface area contributed by atoms with Gasteiger partial charge in [0, 0.05) is 23.6 Å². The van der Waals surface area contributed by atoms with Crippen molar-refractivity contribution in [1.82, 2.24) is 0 Å². The molecule has 0 bridgehead atoms. The number of ketones is 1. The second-order valence-corrected chi connectivity index (χ2v) is 7.31. The Balaban J connectivity index is 1.79. The van der Waals surface area contributed by atoms with Gasteiger partial charge in [-0.1, -0.05) is 29.8 Å². The first-order chi connectivity index (χ1) is 14.5. The predicted octanol–water partition coefficient (Wildman–Crippen LogP) is 5.90. The van der Waals surface area contributed by atoms with Crippen molar-refractivity contribution in [3.63, 3.8) is 0 Å². The summed E-state index contributed by atoms with van der Waals surface area (Å²) in [5, 5.41) is 3.31. The fourth-order valence-corrected chi connectivity index (χ4v) is 3.33. The molecule has 30 heavy (non-hydrogen) atoms. The Morgan fingerprint density at radius 1 is 0.900 bits per heavy atom. The number of carbonyl (C=O) groups is 2. The third kappa shape index (κ3) is 5.60. The summed E-state index contributed by atoms with van der Waals surface area (Å²) in [6.45, 7) is 1.98. The van der Waals surface area contributed by atoms with Gasteiger partial charge in [0.2, 0.25) is 0 Å². The number of aldehydes is 1. The van der Waals surface area contributed by atoms with Crippen molar-refractivity contribution in [2.24, 2.45) is 5.92 Å². The molecule has 0 aliphatic rings. The standard InChI is InChI=1S/C25H23F2NO2/c1-17-2-4-19(5-3-17)25(28-23-13-11-22(27)12-14-23)20(16-29)8-15-24(30)18-6-9-21(26)10-7-18/h2-7,9-14,16,20,25,28H,8,15H2,1H3/t20-,25+/m0/s1. The molecule has 0 fully saturated rings. The number of hydrogen-bond donors (Lipinski definition) is 1. The SMILES string of the molecule is Cc1ccc([C@@H](Nc2ccc(F)cc2)[C@H](C=O)CCC(=O)c2ccc(F)cc2)cc1. The summed E-state index contributed by atoms with van der Waals surface area (Å²) in [6, 6.07) is 18.7. The highest BCUT2D eigenvalue weighted by molar-refractivity contribution is 5.96. The van der Waals surface area contributed by atoms with Gasteiger partial charge in [0.15, 0.2) is 5.78 Å². The lowest BCUT2D eigenvalue weighted by atomic mass is 9.88. The van der Waals surface area contributed by atoms with E-state index in [0.29, 0.717) is 17.7 Å². The number of carbonyl (C=O) groups excluding carboxylic acids is 2. The van der Waals surface area contributed by atoms with Crippen molar-refractivity contribution in [3.05, 3.63) is 101 Å². The largest absolute Gasteiger partial charge is 0.378 e. The average molecular weight is 407 g/mol. The summed E-state index contributed by atoms with van der Waals surface area (Å²) in [4.78, 5) is 24.4. The molecule has 154 valence electrons. The zero-order valence-electron chi connectivity index (χ0n) is 16.6. The minimum absolute atomic E-state index is 0.147. The molecule has 0 amide bonds. The zero-order valence-corrected chi connectivity index (χ0v) is 16.6. The fourth-order valence-electron chi connectivity index (χ4n) is 3.33. The van der Waals surface area contributed by atoms with E-state index in [2.05, 4.69) is 5.32 Å². The lowest BCUT2D eigenvalue weighted by molar-refractivity contribution is -0.111. The van der Waals surface area contributed by atoms with E-state index in [1.54, 1.807) is 12.1 Å². The molecule has 5 heteroatoms. The van der Waals surface area contributed by atoms with E-state index in [-0.39, 0.29) is 24.1 Å². The predicted molar refractivity (Wildman–Crippen MR) is 113 cm³/mol. The average Bonchev–Trinajstić information content (AvgIpc) is 2.75. The Labute approximate surface area is 174 Å². The van der Waals surface area contributed by atoms with Crippen LogP contribution in [-0.2, 0) is 4.79 Å². The van der Waals surface area contributed by atoms with E-state index >= 15 is 0 Å². The van der Waals surface area contributed by atoms with E-state index in [4.69, 9.17) is 0 Å². The molecular weight excluding hydrogens is 384 g/mol. The highest BCUT2D eigenvalue weighted by Crippen LogP contribution is 2.30. The van der Waals surface area contributed by atoms with Crippen LogP contribution in [-0.4, -0.2) is 12.1 Å². The molecule has 3 aromatic carbocycles. The molecule has 0 saturated carbocycles. The van der Waals surface area contributed by atoms with Gasteiger partial charge in [-0.2, -0.15) is 0 Å². The lowest BCUT2D eigenvalue weighted by Crippen LogP contribution is -2.23. The maximum Gasteiger partial charge on any atom is 0.162 e. The van der Waals surface area contributed by atoms with Gasteiger partial charge in [-0.3, -0.25) is 4.79 Å². The van der Waals surface area contributed by atoms with Gasteiger partial charge in [0.1, 0.15) is 17.9 Å². The van der Waals surface area contributed by atoms with Crippen LogP contribution in [0.15, 0.2) is 72.8 Å². The maximum atomic E-state index is 13.3. The Morgan fingerprint density at radius 2 is 1.47 bits per heavy atom. The molecule has 0 heterocycles. The fraction of sp³-hybridized carbons (Fsp3) is 0.200. The summed E-state index contributed by atoms with van der Waals surface area (Å²) in [5.74, 6) is -1.38. The number of hydrogen-bond acceptors (Lipinski definition) is 3. The highest BCUT2D eigenvalue weighted by atomic mass is 19.1. The van der Waals surface area contributed by atoms with Gasteiger partial charge < -0.3 is 10.1 Å². The van der Waals surface area contributed by atoms with Gasteiger partial charge in [0.05, 0.1) is 6.04 Å². The van der Waals surface area contributed by atoms with Crippen LogP contribution in [0.2, 0.25) is 0 Å². The number of anilines is 1. The zero-order chi connectivity index (χ0) is 21.5. The smallest absolute Gasteiger partial charge is 0.162 e. The molecule has 0 unspecified atom stereocenters. The van der Waals surface area contributed by atoms with Gasteiger partial charge in [-0.05, 0) is 67.4 Å². The number of rotatable bonds is 9. The Hall–Kier alpha value is -3.34. The quantitative estimate of drug-likeness (QED) is 0.355. The third-order valence-corrected chi connectivity index (χ3v) is 5.08. The molecule has 3 nitrogen and oxygen atoms in total. The Morgan fingerprint density at radius 3 is 2.03 bits per heavy atom.